The van der Waals surface area contributed by atoms with Crippen molar-refractivity contribution in [3.05, 3.63) is 35.4 Å². The van der Waals surface area contributed by atoms with E-state index >= 15 is 0 Å². The lowest BCUT2D eigenvalue weighted by Gasteiger charge is -2.17. The van der Waals surface area contributed by atoms with Gasteiger partial charge in [-0.2, -0.15) is 0 Å². The number of aryl methyl sites for hydroxylation is 1. The summed E-state index contributed by atoms with van der Waals surface area (Å²) in [5.74, 6) is 0.683. The summed E-state index contributed by atoms with van der Waals surface area (Å²) < 4.78 is 22.7. The fourth-order valence-electron chi connectivity index (χ4n) is 2.45. The molecule has 0 aliphatic heterocycles. The summed E-state index contributed by atoms with van der Waals surface area (Å²) in [5.41, 5.74) is 2.57. The predicted molar refractivity (Wildman–Crippen MR) is 83.7 cm³/mol. The maximum Gasteiger partial charge on any atom is 0.147 e. The molecular weight excluding hydrogens is 270 g/mol. The van der Waals surface area contributed by atoms with Crippen molar-refractivity contribution < 1.29 is 8.42 Å². The van der Waals surface area contributed by atoms with Crippen LogP contribution >= 0.6 is 0 Å². The molecule has 1 aliphatic carbocycles. The van der Waals surface area contributed by atoms with Crippen molar-refractivity contribution in [2.24, 2.45) is 5.92 Å². The van der Waals surface area contributed by atoms with Crippen molar-refractivity contribution >= 4 is 9.84 Å². The summed E-state index contributed by atoms with van der Waals surface area (Å²) in [6.07, 6.45) is 5.56. The third-order valence-electron chi connectivity index (χ3n) is 3.78. The van der Waals surface area contributed by atoms with Crippen molar-refractivity contribution in [1.29, 1.82) is 0 Å². The zero-order valence-electron chi connectivity index (χ0n) is 12.4. The van der Waals surface area contributed by atoms with Gasteiger partial charge in [-0.3, -0.25) is 0 Å². The highest BCUT2D eigenvalue weighted by molar-refractivity contribution is 7.90. The summed E-state index contributed by atoms with van der Waals surface area (Å²) >= 11 is 0. The van der Waals surface area contributed by atoms with Crippen LogP contribution in [0.25, 0.3) is 0 Å². The van der Waals surface area contributed by atoms with E-state index in [0.717, 1.165) is 19.4 Å². The van der Waals surface area contributed by atoms with Crippen LogP contribution in [-0.4, -0.2) is 33.0 Å². The van der Waals surface area contributed by atoms with E-state index in [1.165, 1.54) is 30.2 Å². The molecule has 0 amide bonds. The Morgan fingerprint density at radius 3 is 2.70 bits per heavy atom. The Labute approximate surface area is 122 Å². The lowest BCUT2D eigenvalue weighted by atomic mass is 9.96. The van der Waals surface area contributed by atoms with E-state index in [9.17, 15) is 8.42 Å². The Hall–Kier alpha value is -0.870. The Balaban J connectivity index is 1.93. The molecule has 0 bridgehead atoms. The van der Waals surface area contributed by atoms with Gasteiger partial charge in [0, 0.05) is 12.3 Å². The molecule has 3 nitrogen and oxygen atoms in total. The van der Waals surface area contributed by atoms with Gasteiger partial charge in [-0.25, -0.2) is 8.42 Å². The van der Waals surface area contributed by atoms with E-state index in [0.29, 0.717) is 12.0 Å². The molecule has 1 unspecified atom stereocenters. The molecule has 1 atom stereocenters. The smallest absolute Gasteiger partial charge is 0.147 e. The van der Waals surface area contributed by atoms with E-state index < -0.39 is 9.84 Å². The second-order valence-corrected chi connectivity index (χ2v) is 8.42. The Bertz CT molecular complexity index is 535. The van der Waals surface area contributed by atoms with Gasteiger partial charge in [-0.05, 0) is 50.6 Å². The SMILES string of the molecule is Cc1cccc(CC(CCS(C)(=O)=O)CNC2CC2)c1. The highest BCUT2D eigenvalue weighted by Gasteiger charge is 2.22. The largest absolute Gasteiger partial charge is 0.314 e. The third-order valence-corrected chi connectivity index (χ3v) is 4.75. The van der Waals surface area contributed by atoms with Crippen molar-refractivity contribution in [3.63, 3.8) is 0 Å². The van der Waals surface area contributed by atoms with Crippen LogP contribution < -0.4 is 5.32 Å². The first-order chi connectivity index (χ1) is 9.42. The van der Waals surface area contributed by atoms with Gasteiger partial charge in [0.2, 0.25) is 0 Å². The molecule has 1 aromatic carbocycles. The van der Waals surface area contributed by atoms with Gasteiger partial charge in [0.1, 0.15) is 9.84 Å². The van der Waals surface area contributed by atoms with Gasteiger partial charge in [0.15, 0.2) is 0 Å². The number of sulfone groups is 1. The van der Waals surface area contributed by atoms with Crippen molar-refractivity contribution in [2.45, 2.75) is 38.6 Å². The van der Waals surface area contributed by atoms with Gasteiger partial charge in [-0.1, -0.05) is 29.8 Å². The van der Waals surface area contributed by atoms with Crippen molar-refractivity contribution in [2.75, 3.05) is 18.6 Å². The number of hydrogen-bond donors (Lipinski definition) is 1. The topological polar surface area (TPSA) is 46.2 Å². The normalized spacial score (nSPS) is 17.1. The Morgan fingerprint density at radius 1 is 1.35 bits per heavy atom. The summed E-state index contributed by atoms with van der Waals surface area (Å²) in [5, 5.41) is 3.53. The summed E-state index contributed by atoms with van der Waals surface area (Å²) in [4.78, 5) is 0. The molecule has 0 saturated heterocycles. The lowest BCUT2D eigenvalue weighted by Crippen LogP contribution is -2.27. The monoisotopic (exact) mass is 295 g/mol. The van der Waals surface area contributed by atoms with Crippen LogP contribution in [-0.2, 0) is 16.3 Å². The van der Waals surface area contributed by atoms with Crippen LogP contribution in [0.5, 0.6) is 0 Å². The first-order valence-corrected chi connectivity index (χ1v) is 9.45. The minimum Gasteiger partial charge on any atom is -0.314 e. The molecule has 1 fully saturated rings. The van der Waals surface area contributed by atoms with Crippen LogP contribution in [0.3, 0.4) is 0 Å². The van der Waals surface area contributed by atoms with Crippen LogP contribution in [0.2, 0.25) is 0 Å². The highest BCUT2D eigenvalue weighted by atomic mass is 32.2. The quantitative estimate of drug-likeness (QED) is 0.801. The molecule has 1 N–H and O–H groups in total. The molecule has 0 heterocycles. The fourth-order valence-corrected chi connectivity index (χ4v) is 3.21. The van der Waals surface area contributed by atoms with Gasteiger partial charge in [0.05, 0.1) is 5.75 Å². The van der Waals surface area contributed by atoms with Gasteiger partial charge in [0.25, 0.3) is 0 Å². The average Bonchev–Trinajstić information content (AvgIpc) is 3.15. The second-order valence-electron chi connectivity index (χ2n) is 6.16. The van der Waals surface area contributed by atoms with Crippen LogP contribution in [0, 0.1) is 12.8 Å². The molecule has 2 rings (SSSR count). The summed E-state index contributed by atoms with van der Waals surface area (Å²) in [6, 6.07) is 9.18. The predicted octanol–water partition coefficient (Wildman–Crippen LogP) is 2.34. The maximum absolute atomic E-state index is 11.4. The zero-order valence-corrected chi connectivity index (χ0v) is 13.2. The molecule has 0 aromatic heterocycles. The molecule has 20 heavy (non-hydrogen) atoms. The van der Waals surface area contributed by atoms with E-state index in [4.69, 9.17) is 0 Å². The first-order valence-electron chi connectivity index (χ1n) is 7.39. The Morgan fingerprint density at radius 2 is 2.10 bits per heavy atom. The number of nitrogens with one attached hydrogen (secondary N) is 1. The van der Waals surface area contributed by atoms with E-state index in [1.54, 1.807) is 0 Å². The molecule has 112 valence electrons. The molecule has 1 aliphatic rings. The van der Waals surface area contributed by atoms with Crippen molar-refractivity contribution in [3.8, 4) is 0 Å². The van der Waals surface area contributed by atoms with Crippen LogP contribution in [0.1, 0.15) is 30.4 Å². The maximum atomic E-state index is 11.4. The van der Waals surface area contributed by atoms with Crippen molar-refractivity contribution in [1.82, 2.24) is 5.32 Å². The number of rotatable bonds is 8. The van der Waals surface area contributed by atoms with Gasteiger partial charge < -0.3 is 5.32 Å². The van der Waals surface area contributed by atoms with E-state index in [2.05, 4.69) is 36.5 Å². The minimum absolute atomic E-state index is 0.288. The van der Waals surface area contributed by atoms with Crippen LogP contribution in [0.4, 0.5) is 0 Å². The molecule has 0 spiro atoms. The zero-order chi connectivity index (χ0) is 14.6. The fraction of sp³-hybridized carbons (Fsp3) is 0.625. The molecule has 0 radical (unpaired) electrons. The summed E-state index contributed by atoms with van der Waals surface area (Å²) in [6.45, 7) is 3.02. The average molecular weight is 295 g/mol. The molecule has 1 aromatic rings. The standard InChI is InChI=1S/C16H25NO2S/c1-13-4-3-5-14(10-13)11-15(8-9-20(2,18)19)12-17-16-6-7-16/h3-5,10,15-17H,6-9,11-12H2,1-2H3. The molecular formula is C16H25NO2S. The van der Waals surface area contributed by atoms with E-state index in [1.807, 2.05) is 0 Å². The third kappa shape index (κ3) is 6.06. The van der Waals surface area contributed by atoms with Gasteiger partial charge in [-0.15, -0.1) is 0 Å². The second kappa shape index (κ2) is 6.72. The number of hydrogen-bond acceptors (Lipinski definition) is 3. The highest BCUT2D eigenvalue weighted by Crippen LogP contribution is 2.20. The molecule has 1 saturated carbocycles. The van der Waals surface area contributed by atoms with E-state index in [-0.39, 0.29) is 5.75 Å². The number of benzene rings is 1. The first kappa shape index (κ1) is 15.5. The Kier molecular flexibility index (Phi) is 5.22. The minimum atomic E-state index is -2.87. The van der Waals surface area contributed by atoms with Crippen LogP contribution in [0.15, 0.2) is 24.3 Å². The molecule has 4 heteroatoms. The lowest BCUT2D eigenvalue weighted by molar-refractivity contribution is 0.457. The summed E-state index contributed by atoms with van der Waals surface area (Å²) in [7, 11) is -2.87. The van der Waals surface area contributed by atoms with Gasteiger partial charge >= 0.3 is 0 Å².